The Morgan fingerprint density at radius 1 is 1.41 bits per heavy atom. The standard InChI is InChI=1S/C14H19ClN2O4S/c1-22(19,20)17(12-6-4-11(15)5-7-12)10-14(18)16-9-13-3-2-8-21-13/h4-7,13H,2-3,8-10H2,1H3,(H,16,18)/t13-/m1/s1. The van der Waals surface area contributed by atoms with Gasteiger partial charge < -0.3 is 10.1 Å². The molecule has 0 radical (unpaired) electrons. The average Bonchev–Trinajstić information content (AvgIpc) is 2.96. The first kappa shape index (κ1) is 17.1. The van der Waals surface area contributed by atoms with E-state index in [1.54, 1.807) is 24.3 Å². The molecule has 1 aromatic carbocycles. The number of rotatable bonds is 6. The number of nitrogens with one attached hydrogen (secondary N) is 1. The zero-order valence-corrected chi connectivity index (χ0v) is 13.9. The Morgan fingerprint density at radius 3 is 2.64 bits per heavy atom. The van der Waals surface area contributed by atoms with Crippen molar-refractivity contribution in [3.05, 3.63) is 29.3 Å². The quantitative estimate of drug-likeness (QED) is 0.844. The fourth-order valence-corrected chi connectivity index (χ4v) is 3.21. The Hall–Kier alpha value is -1.31. The molecule has 1 fully saturated rings. The Kier molecular flexibility index (Phi) is 5.66. The van der Waals surface area contributed by atoms with Crippen LogP contribution in [0.5, 0.6) is 0 Å². The highest BCUT2D eigenvalue weighted by Gasteiger charge is 2.22. The average molecular weight is 347 g/mol. The number of ether oxygens (including phenoxy) is 1. The number of carbonyl (C=O) groups excluding carboxylic acids is 1. The summed E-state index contributed by atoms with van der Waals surface area (Å²) in [5.74, 6) is -0.365. The highest BCUT2D eigenvalue weighted by atomic mass is 35.5. The molecule has 1 atom stereocenters. The smallest absolute Gasteiger partial charge is 0.240 e. The van der Waals surface area contributed by atoms with E-state index in [4.69, 9.17) is 16.3 Å². The summed E-state index contributed by atoms with van der Waals surface area (Å²) in [5, 5.41) is 3.21. The van der Waals surface area contributed by atoms with Gasteiger partial charge in [0.2, 0.25) is 15.9 Å². The summed E-state index contributed by atoms with van der Waals surface area (Å²) in [6.07, 6.45) is 2.98. The number of sulfonamides is 1. The zero-order valence-electron chi connectivity index (χ0n) is 12.3. The molecule has 1 amide bonds. The molecule has 0 aliphatic carbocycles. The molecule has 0 bridgehead atoms. The monoisotopic (exact) mass is 346 g/mol. The van der Waals surface area contributed by atoms with E-state index >= 15 is 0 Å². The first-order valence-electron chi connectivity index (χ1n) is 6.98. The number of nitrogens with zero attached hydrogens (tertiary/aromatic N) is 1. The molecular weight excluding hydrogens is 328 g/mol. The lowest BCUT2D eigenvalue weighted by molar-refractivity contribution is -0.120. The minimum absolute atomic E-state index is 0.0196. The Morgan fingerprint density at radius 2 is 2.09 bits per heavy atom. The van der Waals surface area contributed by atoms with Crippen LogP contribution in [0.2, 0.25) is 5.02 Å². The second kappa shape index (κ2) is 7.30. The lowest BCUT2D eigenvalue weighted by Gasteiger charge is -2.22. The number of benzene rings is 1. The topological polar surface area (TPSA) is 75.7 Å². The van der Waals surface area contributed by atoms with E-state index in [1.165, 1.54) is 0 Å². The molecule has 1 aromatic rings. The lowest BCUT2D eigenvalue weighted by atomic mass is 10.2. The number of amides is 1. The van der Waals surface area contributed by atoms with E-state index in [1.807, 2.05) is 0 Å². The lowest BCUT2D eigenvalue weighted by Crippen LogP contribution is -2.42. The van der Waals surface area contributed by atoms with E-state index < -0.39 is 10.0 Å². The van der Waals surface area contributed by atoms with Crippen molar-refractivity contribution in [2.24, 2.45) is 0 Å². The van der Waals surface area contributed by atoms with E-state index in [0.29, 0.717) is 23.9 Å². The first-order valence-corrected chi connectivity index (χ1v) is 9.20. The van der Waals surface area contributed by atoms with Gasteiger partial charge in [-0.2, -0.15) is 0 Å². The van der Waals surface area contributed by atoms with Crippen molar-refractivity contribution in [1.29, 1.82) is 0 Å². The van der Waals surface area contributed by atoms with Crippen molar-refractivity contribution >= 4 is 33.2 Å². The maximum absolute atomic E-state index is 12.0. The van der Waals surface area contributed by atoms with Crippen LogP contribution >= 0.6 is 11.6 Å². The van der Waals surface area contributed by atoms with Gasteiger partial charge in [0.15, 0.2) is 0 Å². The van der Waals surface area contributed by atoms with Crippen LogP contribution in [0.1, 0.15) is 12.8 Å². The van der Waals surface area contributed by atoms with Gasteiger partial charge in [-0.15, -0.1) is 0 Å². The van der Waals surface area contributed by atoms with Gasteiger partial charge in [0.25, 0.3) is 0 Å². The van der Waals surface area contributed by atoms with Crippen LogP contribution in [-0.2, 0) is 19.6 Å². The van der Waals surface area contributed by atoms with Gasteiger partial charge in [-0.1, -0.05) is 11.6 Å². The maximum Gasteiger partial charge on any atom is 0.240 e. The van der Waals surface area contributed by atoms with Crippen LogP contribution in [0, 0.1) is 0 Å². The molecule has 1 heterocycles. The molecule has 22 heavy (non-hydrogen) atoms. The largest absolute Gasteiger partial charge is 0.376 e. The van der Waals surface area contributed by atoms with Crippen LogP contribution in [-0.4, -0.2) is 46.4 Å². The highest BCUT2D eigenvalue weighted by Crippen LogP contribution is 2.20. The fourth-order valence-electron chi connectivity index (χ4n) is 2.23. The van der Waals surface area contributed by atoms with Crippen LogP contribution in [0.15, 0.2) is 24.3 Å². The van der Waals surface area contributed by atoms with Crippen molar-refractivity contribution in [2.45, 2.75) is 18.9 Å². The summed E-state index contributed by atoms with van der Waals surface area (Å²) in [7, 11) is -3.57. The van der Waals surface area contributed by atoms with Gasteiger partial charge in [0.05, 0.1) is 18.0 Å². The van der Waals surface area contributed by atoms with Gasteiger partial charge in [-0.3, -0.25) is 9.10 Å². The summed E-state index contributed by atoms with van der Waals surface area (Å²) in [6.45, 7) is 0.838. The summed E-state index contributed by atoms with van der Waals surface area (Å²) < 4.78 is 30.3. The first-order chi connectivity index (χ1) is 10.4. The van der Waals surface area contributed by atoms with E-state index in [9.17, 15) is 13.2 Å². The molecule has 0 saturated carbocycles. The van der Waals surface area contributed by atoms with E-state index in [-0.39, 0.29) is 18.6 Å². The number of hydrogen-bond donors (Lipinski definition) is 1. The molecule has 6 nitrogen and oxygen atoms in total. The van der Waals surface area contributed by atoms with E-state index in [2.05, 4.69) is 5.32 Å². The molecule has 1 aliphatic rings. The number of anilines is 1. The van der Waals surface area contributed by atoms with Gasteiger partial charge in [0.1, 0.15) is 6.54 Å². The highest BCUT2D eigenvalue weighted by molar-refractivity contribution is 7.92. The molecule has 1 saturated heterocycles. The Balaban J connectivity index is 2.00. The molecule has 1 aliphatic heterocycles. The van der Waals surface area contributed by atoms with Crippen LogP contribution < -0.4 is 9.62 Å². The van der Waals surface area contributed by atoms with Crippen LogP contribution in [0.25, 0.3) is 0 Å². The van der Waals surface area contributed by atoms with Gasteiger partial charge in [-0.25, -0.2) is 8.42 Å². The third kappa shape index (κ3) is 4.86. The Bertz CT molecular complexity index is 612. The summed E-state index contributed by atoms with van der Waals surface area (Å²) in [4.78, 5) is 12.0. The molecule has 0 spiro atoms. The SMILES string of the molecule is CS(=O)(=O)N(CC(=O)NC[C@H]1CCCO1)c1ccc(Cl)cc1. The van der Waals surface area contributed by atoms with Gasteiger partial charge in [0, 0.05) is 18.2 Å². The second-order valence-electron chi connectivity index (χ2n) is 5.19. The predicted molar refractivity (Wildman–Crippen MR) is 85.6 cm³/mol. The summed E-state index contributed by atoms with van der Waals surface area (Å²) in [5.41, 5.74) is 0.402. The van der Waals surface area contributed by atoms with Crippen molar-refractivity contribution in [2.75, 3.05) is 30.3 Å². The number of halogens is 1. The van der Waals surface area contributed by atoms with Gasteiger partial charge in [-0.05, 0) is 37.1 Å². The second-order valence-corrected chi connectivity index (χ2v) is 7.53. The van der Waals surface area contributed by atoms with Crippen molar-refractivity contribution in [3.63, 3.8) is 0 Å². The normalized spacial score (nSPS) is 18.2. The predicted octanol–water partition coefficient (Wildman–Crippen LogP) is 1.40. The zero-order chi connectivity index (χ0) is 16.2. The van der Waals surface area contributed by atoms with Crippen LogP contribution in [0.3, 0.4) is 0 Å². The van der Waals surface area contributed by atoms with E-state index in [0.717, 1.165) is 23.4 Å². The van der Waals surface area contributed by atoms with Gasteiger partial charge >= 0.3 is 0 Å². The Labute approximate surface area is 135 Å². The molecule has 0 unspecified atom stereocenters. The molecular formula is C14H19ClN2O4S. The van der Waals surface area contributed by atoms with Crippen molar-refractivity contribution in [1.82, 2.24) is 5.32 Å². The van der Waals surface area contributed by atoms with Crippen molar-refractivity contribution in [3.8, 4) is 0 Å². The van der Waals surface area contributed by atoms with Crippen molar-refractivity contribution < 1.29 is 17.9 Å². The molecule has 8 heteroatoms. The maximum atomic E-state index is 12.0. The third-order valence-corrected chi connectivity index (χ3v) is 4.75. The third-order valence-electron chi connectivity index (χ3n) is 3.35. The minimum Gasteiger partial charge on any atom is -0.376 e. The minimum atomic E-state index is -3.57. The molecule has 0 aromatic heterocycles. The number of hydrogen-bond acceptors (Lipinski definition) is 4. The molecule has 2 rings (SSSR count). The fraction of sp³-hybridized carbons (Fsp3) is 0.500. The van der Waals surface area contributed by atoms with Crippen LogP contribution in [0.4, 0.5) is 5.69 Å². The number of carbonyl (C=O) groups is 1. The summed E-state index contributed by atoms with van der Waals surface area (Å²) >= 11 is 5.80. The molecule has 122 valence electrons. The summed E-state index contributed by atoms with van der Waals surface area (Å²) in [6, 6.07) is 6.30. The molecule has 1 N–H and O–H groups in total.